The lowest BCUT2D eigenvalue weighted by Crippen LogP contribution is -2.31. The van der Waals surface area contributed by atoms with Gasteiger partial charge in [0.25, 0.3) is 0 Å². The Balaban J connectivity index is 1.43. The average Bonchev–Trinajstić information content (AvgIpc) is 2.67. The molecule has 2 aromatic rings. The number of benzene rings is 2. The van der Waals surface area contributed by atoms with Crippen LogP contribution in [0.3, 0.4) is 0 Å². The molecule has 0 fully saturated rings. The molecule has 0 saturated carbocycles. The summed E-state index contributed by atoms with van der Waals surface area (Å²) in [6.07, 6.45) is 6.87. The molecule has 0 unspecified atom stereocenters. The van der Waals surface area contributed by atoms with Gasteiger partial charge in [0.2, 0.25) is 0 Å². The molecular weight excluding hydrogens is 322 g/mol. The third kappa shape index (κ3) is 5.43. The average molecular weight is 351 g/mol. The lowest BCUT2D eigenvalue weighted by atomic mass is 9.94. The van der Waals surface area contributed by atoms with E-state index in [-0.39, 0.29) is 0 Å². The van der Waals surface area contributed by atoms with Gasteiger partial charge in [-0.3, -0.25) is 9.69 Å². The highest BCUT2D eigenvalue weighted by Crippen LogP contribution is 2.26. The van der Waals surface area contributed by atoms with E-state index in [1.807, 2.05) is 0 Å². The van der Waals surface area contributed by atoms with E-state index in [2.05, 4.69) is 53.4 Å². The number of fused-ring (bicyclic) bond motifs is 1. The smallest absolute Gasteiger partial charge is 0.303 e. The molecule has 0 atom stereocenters. The van der Waals surface area contributed by atoms with E-state index in [1.54, 1.807) is 0 Å². The minimum absolute atomic E-state index is 0.313. The molecule has 0 aromatic heterocycles. The zero-order chi connectivity index (χ0) is 18.2. The van der Waals surface area contributed by atoms with E-state index in [0.29, 0.717) is 6.42 Å². The van der Waals surface area contributed by atoms with E-state index in [0.717, 1.165) is 45.3 Å². The summed E-state index contributed by atoms with van der Waals surface area (Å²) in [6.45, 7) is 3.35. The Morgan fingerprint density at radius 1 is 0.885 bits per heavy atom. The van der Waals surface area contributed by atoms with E-state index in [4.69, 9.17) is 5.11 Å². The van der Waals surface area contributed by atoms with Crippen molar-refractivity contribution in [2.75, 3.05) is 13.1 Å². The van der Waals surface area contributed by atoms with E-state index in [9.17, 15) is 4.79 Å². The van der Waals surface area contributed by atoms with Crippen molar-refractivity contribution in [1.29, 1.82) is 0 Å². The monoisotopic (exact) mass is 351 g/mol. The number of aliphatic carboxylic acids is 1. The Morgan fingerprint density at radius 2 is 1.65 bits per heavy atom. The molecule has 3 heteroatoms. The van der Waals surface area contributed by atoms with Gasteiger partial charge in [0.1, 0.15) is 0 Å². The van der Waals surface area contributed by atoms with Gasteiger partial charge < -0.3 is 5.11 Å². The topological polar surface area (TPSA) is 40.5 Å². The fourth-order valence-corrected chi connectivity index (χ4v) is 3.75. The maximum atomic E-state index is 10.5. The standard InChI is InChI=1S/C23H29NO2/c25-23(26)11-7-2-1-3-8-15-24-16-14-21-17-20(12-13-22(21)18-24)19-9-5-4-6-10-19/h4-6,9-10,12-13,17H,1-3,7-8,11,14-16,18H2,(H,25,26). The van der Waals surface area contributed by atoms with E-state index >= 15 is 0 Å². The minimum atomic E-state index is -0.674. The first kappa shape index (κ1) is 18.7. The number of unbranched alkanes of at least 4 members (excludes halogenated alkanes) is 4. The van der Waals surface area contributed by atoms with Crippen LogP contribution < -0.4 is 0 Å². The van der Waals surface area contributed by atoms with Crippen LogP contribution in [0.25, 0.3) is 11.1 Å². The lowest BCUT2D eigenvalue weighted by Gasteiger charge is -2.29. The van der Waals surface area contributed by atoms with Gasteiger partial charge in [-0.2, -0.15) is 0 Å². The van der Waals surface area contributed by atoms with Crippen LogP contribution in [-0.4, -0.2) is 29.1 Å². The van der Waals surface area contributed by atoms with Crippen molar-refractivity contribution >= 4 is 5.97 Å². The van der Waals surface area contributed by atoms with Gasteiger partial charge in [-0.25, -0.2) is 0 Å². The number of hydrogen-bond donors (Lipinski definition) is 1. The fraction of sp³-hybridized carbons (Fsp3) is 0.435. The van der Waals surface area contributed by atoms with E-state index in [1.165, 1.54) is 35.1 Å². The van der Waals surface area contributed by atoms with Crippen molar-refractivity contribution in [3.63, 3.8) is 0 Å². The van der Waals surface area contributed by atoms with Crippen molar-refractivity contribution < 1.29 is 9.90 Å². The Morgan fingerprint density at radius 3 is 2.46 bits per heavy atom. The van der Waals surface area contributed by atoms with Gasteiger partial charge >= 0.3 is 5.97 Å². The third-order valence-electron chi connectivity index (χ3n) is 5.27. The third-order valence-corrected chi connectivity index (χ3v) is 5.27. The molecule has 0 bridgehead atoms. The zero-order valence-electron chi connectivity index (χ0n) is 15.5. The zero-order valence-corrected chi connectivity index (χ0v) is 15.5. The molecule has 0 saturated heterocycles. The predicted octanol–water partition coefficient (Wildman–Crippen LogP) is 5.14. The number of nitrogens with zero attached hydrogens (tertiary/aromatic N) is 1. The molecule has 3 rings (SSSR count). The largest absolute Gasteiger partial charge is 0.481 e. The molecule has 0 radical (unpaired) electrons. The highest BCUT2D eigenvalue weighted by atomic mass is 16.4. The maximum Gasteiger partial charge on any atom is 0.303 e. The summed E-state index contributed by atoms with van der Waals surface area (Å²) in [5, 5.41) is 8.64. The highest BCUT2D eigenvalue weighted by Gasteiger charge is 2.16. The van der Waals surface area contributed by atoms with Gasteiger partial charge in [-0.05, 0) is 48.1 Å². The Hall–Kier alpha value is -2.13. The van der Waals surface area contributed by atoms with Crippen molar-refractivity contribution in [2.45, 2.75) is 51.5 Å². The molecule has 0 aliphatic carbocycles. The van der Waals surface area contributed by atoms with Crippen LogP contribution in [0.5, 0.6) is 0 Å². The number of carboxylic acids is 1. The fourth-order valence-electron chi connectivity index (χ4n) is 3.75. The molecule has 1 N–H and O–H groups in total. The Kier molecular flexibility index (Phi) is 6.84. The van der Waals surface area contributed by atoms with Gasteiger partial charge in [-0.15, -0.1) is 0 Å². The van der Waals surface area contributed by atoms with Crippen LogP contribution in [0, 0.1) is 0 Å². The number of hydrogen-bond acceptors (Lipinski definition) is 2. The molecule has 1 heterocycles. The van der Waals surface area contributed by atoms with Crippen LogP contribution in [0.15, 0.2) is 48.5 Å². The maximum absolute atomic E-state index is 10.5. The molecule has 1 aliphatic rings. The summed E-state index contributed by atoms with van der Waals surface area (Å²) in [7, 11) is 0. The van der Waals surface area contributed by atoms with Crippen LogP contribution in [0.1, 0.15) is 49.7 Å². The minimum Gasteiger partial charge on any atom is -0.481 e. The second-order valence-electron chi connectivity index (χ2n) is 7.29. The quantitative estimate of drug-likeness (QED) is 0.636. The molecular formula is C23H29NO2. The van der Waals surface area contributed by atoms with E-state index < -0.39 is 5.97 Å². The second kappa shape index (κ2) is 9.54. The summed E-state index contributed by atoms with van der Waals surface area (Å²) in [6, 6.07) is 17.5. The summed E-state index contributed by atoms with van der Waals surface area (Å²) in [5.74, 6) is -0.674. The van der Waals surface area contributed by atoms with Crippen LogP contribution >= 0.6 is 0 Å². The first-order valence-corrected chi connectivity index (χ1v) is 9.84. The van der Waals surface area contributed by atoms with Gasteiger partial charge in [0.15, 0.2) is 0 Å². The van der Waals surface area contributed by atoms with Crippen LogP contribution in [0.2, 0.25) is 0 Å². The molecule has 3 nitrogen and oxygen atoms in total. The highest BCUT2D eigenvalue weighted by molar-refractivity contribution is 5.66. The Labute approximate surface area is 156 Å². The van der Waals surface area contributed by atoms with Crippen molar-refractivity contribution in [2.24, 2.45) is 0 Å². The molecule has 0 spiro atoms. The van der Waals surface area contributed by atoms with Crippen LogP contribution in [0.4, 0.5) is 0 Å². The van der Waals surface area contributed by atoms with Crippen LogP contribution in [-0.2, 0) is 17.8 Å². The first-order valence-electron chi connectivity index (χ1n) is 9.84. The Bertz CT molecular complexity index is 711. The normalized spacial score (nSPS) is 14.2. The number of carboxylic acid groups (broad SMARTS) is 1. The molecule has 2 aromatic carbocycles. The van der Waals surface area contributed by atoms with Crippen molar-refractivity contribution in [3.05, 3.63) is 59.7 Å². The molecule has 26 heavy (non-hydrogen) atoms. The molecule has 1 aliphatic heterocycles. The summed E-state index contributed by atoms with van der Waals surface area (Å²) in [4.78, 5) is 13.0. The SMILES string of the molecule is O=C(O)CCCCCCCN1CCc2cc(-c3ccccc3)ccc2C1. The lowest BCUT2D eigenvalue weighted by molar-refractivity contribution is -0.137. The number of carbonyl (C=O) groups is 1. The second-order valence-corrected chi connectivity index (χ2v) is 7.29. The van der Waals surface area contributed by atoms with Gasteiger partial charge in [0.05, 0.1) is 0 Å². The predicted molar refractivity (Wildman–Crippen MR) is 106 cm³/mol. The van der Waals surface area contributed by atoms with Gasteiger partial charge in [-0.1, -0.05) is 67.8 Å². The number of rotatable bonds is 9. The van der Waals surface area contributed by atoms with Gasteiger partial charge in [0, 0.05) is 19.5 Å². The molecule has 138 valence electrons. The summed E-state index contributed by atoms with van der Waals surface area (Å²) < 4.78 is 0. The van der Waals surface area contributed by atoms with Crippen molar-refractivity contribution in [3.8, 4) is 11.1 Å². The molecule has 0 amide bonds. The summed E-state index contributed by atoms with van der Waals surface area (Å²) >= 11 is 0. The first-order chi connectivity index (χ1) is 12.7. The van der Waals surface area contributed by atoms with Crippen molar-refractivity contribution in [1.82, 2.24) is 4.90 Å². The summed E-state index contributed by atoms with van der Waals surface area (Å²) in [5.41, 5.74) is 5.58.